The molecular weight excluding hydrogens is 204 g/mol. The SMILES string of the molecule is CN(C(=O)CC1CNCCO1)C1CCCC1. The highest BCUT2D eigenvalue weighted by atomic mass is 16.5. The maximum atomic E-state index is 12.0. The highest BCUT2D eigenvalue weighted by Crippen LogP contribution is 2.23. The number of morpholine rings is 1. The van der Waals surface area contributed by atoms with Gasteiger partial charge in [-0.2, -0.15) is 0 Å². The number of amides is 1. The smallest absolute Gasteiger partial charge is 0.225 e. The molecule has 0 radical (unpaired) electrons. The molecule has 0 aromatic heterocycles. The minimum absolute atomic E-state index is 0.0742. The molecule has 1 saturated carbocycles. The molecule has 1 atom stereocenters. The second-order valence-corrected chi connectivity index (χ2v) is 4.84. The van der Waals surface area contributed by atoms with Gasteiger partial charge in [0.05, 0.1) is 19.1 Å². The monoisotopic (exact) mass is 226 g/mol. The molecule has 0 aromatic rings. The van der Waals surface area contributed by atoms with Crippen molar-refractivity contribution in [3.05, 3.63) is 0 Å². The third-order valence-corrected chi connectivity index (χ3v) is 3.67. The van der Waals surface area contributed by atoms with Crippen molar-refractivity contribution in [1.82, 2.24) is 10.2 Å². The molecule has 2 rings (SSSR count). The number of nitrogens with zero attached hydrogens (tertiary/aromatic N) is 1. The van der Waals surface area contributed by atoms with Crippen LogP contribution in [0.25, 0.3) is 0 Å². The largest absolute Gasteiger partial charge is 0.375 e. The fourth-order valence-electron chi connectivity index (χ4n) is 2.58. The number of hydrogen-bond donors (Lipinski definition) is 1. The van der Waals surface area contributed by atoms with E-state index < -0.39 is 0 Å². The molecule has 1 aliphatic carbocycles. The molecule has 1 unspecified atom stereocenters. The third kappa shape index (κ3) is 2.95. The van der Waals surface area contributed by atoms with Crippen molar-refractivity contribution in [2.24, 2.45) is 0 Å². The van der Waals surface area contributed by atoms with Crippen LogP contribution in [0.1, 0.15) is 32.1 Å². The lowest BCUT2D eigenvalue weighted by Gasteiger charge is -2.28. The van der Waals surface area contributed by atoms with Gasteiger partial charge in [-0.05, 0) is 12.8 Å². The number of carbonyl (C=O) groups excluding carboxylic acids is 1. The Morgan fingerprint density at radius 2 is 2.19 bits per heavy atom. The molecule has 4 heteroatoms. The van der Waals surface area contributed by atoms with E-state index in [1.807, 2.05) is 11.9 Å². The normalized spacial score (nSPS) is 26.9. The van der Waals surface area contributed by atoms with Crippen molar-refractivity contribution in [2.75, 3.05) is 26.7 Å². The predicted octanol–water partition coefficient (Wildman–Crippen LogP) is 0.766. The number of ether oxygens (including phenoxy) is 1. The zero-order valence-corrected chi connectivity index (χ0v) is 10.1. The maximum absolute atomic E-state index is 12.0. The standard InChI is InChI=1S/C12H22N2O2/c1-14(10-4-2-3-5-10)12(15)8-11-9-13-6-7-16-11/h10-11,13H,2-9H2,1H3. The Kier molecular flexibility index (Phi) is 4.18. The molecule has 0 aromatic carbocycles. The third-order valence-electron chi connectivity index (χ3n) is 3.67. The predicted molar refractivity (Wildman–Crippen MR) is 62.3 cm³/mol. The Morgan fingerprint density at radius 1 is 1.44 bits per heavy atom. The highest BCUT2D eigenvalue weighted by Gasteiger charge is 2.26. The van der Waals surface area contributed by atoms with E-state index in [-0.39, 0.29) is 12.0 Å². The molecule has 2 fully saturated rings. The molecule has 0 spiro atoms. The van der Waals surface area contributed by atoms with Crippen LogP contribution in [0.15, 0.2) is 0 Å². The van der Waals surface area contributed by atoms with Crippen LogP contribution in [-0.2, 0) is 9.53 Å². The Balaban J connectivity index is 1.77. The zero-order chi connectivity index (χ0) is 11.4. The quantitative estimate of drug-likeness (QED) is 0.772. The molecule has 16 heavy (non-hydrogen) atoms. The van der Waals surface area contributed by atoms with Crippen LogP contribution in [0.4, 0.5) is 0 Å². The van der Waals surface area contributed by atoms with Gasteiger partial charge in [0, 0.05) is 26.2 Å². The first-order valence-corrected chi connectivity index (χ1v) is 6.35. The van der Waals surface area contributed by atoms with Gasteiger partial charge in [0.1, 0.15) is 0 Å². The first-order valence-electron chi connectivity index (χ1n) is 6.35. The zero-order valence-electron chi connectivity index (χ0n) is 10.1. The average molecular weight is 226 g/mol. The van der Waals surface area contributed by atoms with Crippen molar-refractivity contribution >= 4 is 5.91 Å². The van der Waals surface area contributed by atoms with Crippen molar-refractivity contribution in [3.8, 4) is 0 Å². The van der Waals surface area contributed by atoms with E-state index in [0.29, 0.717) is 12.5 Å². The molecular formula is C12H22N2O2. The lowest BCUT2D eigenvalue weighted by Crippen LogP contribution is -2.43. The summed E-state index contributed by atoms with van der Waals surface area (Å²) in [6.07, 6.45) is 5.48. The van der Waals surface area contributed by atoms with Crippen molar-refractivity contribution in [3.63, 3.8) is 0 Å². The van der Waals surface area contributed by atoms with Gasteiger partial charge < -0.3 is 15.0 Å². The Hall–Kier alpha value is -0.610. The van der Waals surface area contributed by atoms with E-state index in [4.69, 9.17) is 4.74 Å². The van der Waals surface area contributed by atoms with E-state index >= 15 is 0 Å². The van der Waals surface area contributed by atoms with Gasteiger partial charge in [0.2, 0.25) is 5.91 Å². The molecule has 1 aliphatic heterocycles. The summed E-state index contributed by atoms with van der Waals surface area (Å²) < 4.78 is 5.55. The summed E-state index contributed by atoms with van der Waals surface area (Å²) in [7, 11) is 1.94. The van der Waals surface area contributed by atoms with E-state index in [9.17, 15) is 4.79 Å². The lowest BCUT2D eigenvalue weighted by atomic mass is 10.1. The average Bonchev–Trinajstić information content (AvgIpc) is 2.83. The van der Waals surface area contributed by atoms with E-state index in [1.54, 1.807) is 0 Å². The maximum Gasteiger partial charge on any atom is 0.225 e. The summed E-state index contributed by atoms with van der Waals surface area (Å²) in [5.74, 6) is 0.237. The van der Waals surface area contributed by atoms with Crippen LogP contribution < -0.4 is 5.32 Å². The fraction of sp³-hybridized carbons (Fsp3) is 0.917. The van der Waals surface area contributed by atoms with Gasteiger partial charge in [-0.1, -0.05) is 12.8 Å². The molecule has 1 saturated heterocycles. The first kappa shape index (κ1) is 11.9. The minimum Gasteiger partial charge on any atom is -0.375 e. The van der Waals surface area contributed by atoms with Gasteiger partial charge >= 0.3 is 0 Å². The molecule has 1 heterocycles. The molecule has 0 bridgehead atoms. The van der Waals surface area contributed by atoms with Crippen LogP contribution in [0, 0.1) is 0 Å². The van der Waals surface area contributed by atoms with Gasteiger partial charge in [0.25, 0.3) is 0 Å². The van der Waals surface area contributed by atoms with Gasteiger partial charge in [-0.25, -0.2) is 0 Å². The van der Waals surface area contributed by atoms with Crippen molar-refractivity contribution in [1.29, 1.82) is 0 Å². The van der Waals surface area contributed by atoms with Crippen molar-refractivity contribution < 1.29 is 9.53 Å². The molecule has 2 aliphatic rings. The number of rotatable bonds is 3. The van der Waals surface area contributed by atoms with E-state index in [2.05, 4.69) is 5.32 Å². The summed E-state index contributed by atoms with van der Waals surface area (Å²) in [4.78, 5) is 14.0. The molecule has 4 nitrogen and oxygen atoms in total. The van der Waals surface area contributed by atoms with Crippen LogP contribution >= 0.6 is 0 Å². The van der Waals surface area contributed by atoms with Crippen LogP contribution in [0.3, 0.4) is 0 Å². The van der Waals surface area contributed by atoms with Crippen LogP contribution in [-0.4, -0.2) is 49.7 Å². The van der Waals surface area contributed by atoms with Crippen LogP contribution in [0.2, 0.25) is 0 Å². The van der Waals surface area contributed by atoms with Gasteiger partial charge in [0.15, 0.2) is 0 Å². The Bertz CT molecular complexity index is 233. The summed E-state index contributed by atoms with van der Waals surface area (Å²) >= 11 is 0. The van der Waals surface area contributed by atoms with E-state index in [0.717, 1.165) is 19.7 Å². The van der Waals surface area contributed by atoms with Crippen LogP contribution in [0.5, 0.6) is 0 Å². The summed E-state index contributed by atoms with van der Waals surface area (Å²) in [6, 6.07) is 0.476. The first-order chi connectivity index (χ1) is 7.77. The lowest BCUT2D eigenvalue weighted by molar-refractivity contribution is -0.135. The van der Waals surface area contributed by atoms with E-state index in [1.165, 1.54) is 25.7 Å². The van der Waals surface area contributed by atoms with Gasteiger partial charge in [-0.3, -0.25) is 4.79 Å². The molecule has 1 amide bonds. The number of hydrogen-bond acceptors (Lipinski definition) is 3. The second-order valence-electron chi connectivity index (χ2n) is 4.84. The summed E-state index contributed by atoms with van der Waals surface area (Å²) in [6.45, 7) is 2.44. The molecule has 1 N–H and O–H groups in total. The fourth-order valence-corrected chi connectivity index (χ4v) is 2.58. The minimum atomic E-state index is 0.0742. The molecule has 92 valence electrons. The Labute approximate surface area is 97.3 Å². The summed E-state index contributed by atoms with van der Waals surface area (Å²) in [5.41, 5.74) is 0. The number of carbonyl (C=O) groups is 1. The topological polar surface area (TPSA) is 41.6 Å². The van der Waals surface area contributed by atoms with Crippen molar-refractivity contribution in [2.45, 2.75) is 44.2 Å². The van der Waals surface area contributed by atoms with Gasteiger partial charge in [-0.15, -0.1) is 0 Å². The number of nitrogens with one attached hydrogen (secondary N) is 1. The summed E-state index contributed by atoms with van der Waals surface area (Å²) in [5, 5.41) is 3.25. The Morgan fingerprint density at radius 3 is 2.81 bits per heavy atom. The highest BCUT2D eigenvalue weighted by molar-refractivity contribution is 5.76. The second kappa shape index (κ2) is 5.64.